The zero-order chi connectivity index (χ0) is 18.4. The first-order valence-electron chi connectivity index (χ1n) is 8.36. The second-order valence-electron chi connectivity index (χ2n) is 6.64. The third-order valence-electron chi connectivity index (χ3n) is 4.11. The van der Waals surface area contributed by atoms with Gasteiger partial charge in [0.25, 0.3) is 0 Å². The van der Waals surface area contributed by atoms with E-state index < -0.39 is 28.0 Å². The highest BCUT2D eigenvalue weighted by molar-refractivity contribution is 7.91. The molecule has 1 aromatic carbocycles. The molecule has 2 rings (SSSR count). The van der Waals surface area contributed by atoms with E-state index in [9.17, 15) is 18.0 Å². The zero-order valence-electron chi connectivity index (χ0n) is 14.5. The molecule has 0 radical (unpaired) electrons. The molecule has 7 nitrogen and oxygen atoms in total. The molecule has 0 spiro atoms. The normalized spacial score (nSPS) is 20.0. The van der Waals surface area contributed by atoms with Crippen molar-refractivity contribution in [2.24, 2.45) is 5.92 Å². The van der Waals surface area contributed by atoms with Gasteiger partial charge in [-0.2, -0.15) is 0 Å². The van der Waals surface area contributed by atoms with Crippen LogP contribution in [0, 0.1) is 5.92 Å². The predicted molar refractivity (Wildman–Crippen MR) is 95.6 cm³/mol. The van der Waals surface area contributed by atoms with E-state index in [-0.39, 0.29) is 23.3 Å². The van der Waals surface area contributed by atoms with Gasteiger partial charge in [0, 0.05) is 12.6 Å². The molecule has 1 fully saturated rings. The summed E-state index contributed by atoms with van der Waals surface area (Å²) in [5, 5.41) is 8.10. The first-order chi connectivity index (χ1) is 11.8. The molecule has 3 N–H and O–H groups in total. The number of nitrogens with one attached hydrogen (secondary N) is 3. The Balaban J connectivity index is 1.86. The molecule has 1 unspecified atom stereocenters. The summed E-state index contributed by atoms with van der Waals surface area (Å²) in [6, 6.07) is 7.89. The fraction of sp³-hybridized carbons (Fsp3) is 0.529. The third-order valence-corrected chi connectivity index (χ3v) is 5.88. The highest BCUT2D eigenvalue weighted by Crippen LogP contribution is 2.11. The Labute approximate surface area is 148 Å². The summed E-state index contributed by atoms with van der Waals surface area (Å²) in [6.07, 6.45) is 0.405. The van der Waals surface area contributed by atoms with Crippen LogP contribution in [0.25, 0.3) is 0 Å². The van der Waals surface area contributed by atoms with Crippen LogP contribution in [0.2, 0.25) is 0 Å². The van der Waals surface area contributed by atoms with Crippen molar-refractivity contribution in [1.82, 2.24) is 16.0 Å². The second-order valence-corrected chi connectivity index (χ2v) is 8.87. The quantitative estimate of drug-likeness (QED) is 0.692. The van der Waals surface area contributed by atoms with Gasteiger partial charge >= 0.3 is 6.03 Å². The summed E-state index contributed by atoms with van der Waals surface area (Å²) in [6.45, 7) is 4.06. The van der Waals surface area contributed by atoms with E-state index in [4.69, 9.17) is 0 Å². The van der Waals surface area contributed by atoms with Gasteiger partial charge in [0.05, 0.1) is 11.5 Å². The highest BCUT2D eigenvalue weighted by atomic mass is 32.2. The summed E-state index contributed by atoms with van der Waals surface area (Å²) < 4.78 is 22.9. The Hall–Kier alpha value is -2.09. The third kappa shape index (κ3) is 6.04. The number of carbonyl (C=O) groups excluding carboxylic acids is 2. The number of hydrogen-bond acceptors (Lipinski definition) is 4. The molecule has 0 aromatic heterocycles. The van der Waals surface area contributed by atoms with E-state index in [0.29, 0.717) is 13.0 Å². The molecule has 1 aliphatic rings. The van der Waals surface area contributed by atoms with Crippen molar-refractivity contribution in [3.05, 3.63) is 35.9 Å². The van der Waals surface area contributed by atoms with E-state index in [0.717, 1.165) is 5.56 Å². The number of benzene rings is 1. The summed E-state index contributed by atoms with van der Waals surface area (Å²) in [7, 11) is -3.06. The van der Waals surface area contributed by atoms with Gasteiger partial charge in [-0.1, -0.05) is 44.2 Å². The first-order valence-corrected chi connectivity index (χ1v) is 10.2. The molecule has 2 atom stereocenters. The monoisotopic (exact) mass is 367 g/mol. The SMILES string of the molecule is CC(C)[C@H](NC(=O)NC1CCS(=O)(=O)C1)C(=O)NCc1ccccc1. The fourth-order valence-corrected chi connectivity index (χ4v) is 4.38. The highest BCUT2D eigenvalue weighted by Gasteiger charge is 2.30. The van der Waals surface area contributed by atoms with Crippen LogP contribution in [0.1, 0.15) is 25.8 Å². The van der Waals surface area contributed by atoms with Crippen molar-refractivity contribution in [1.29, 1.82) is 0 Å². The predicted octanol–water partition coefficient (Wildman–Crippen LogP) is 0.814. The molecule has 1 saturated heterocycles. The molecule has 138 valence electrons. The van der Waals surface area contributed by atoms with Crippen LogP contribution >= 0.6 is 0 Å². The van der Waals surface area contributed by atoms with Gasteiger partial charge in [-0.05, 0) is 17.9 Å². The average molecular weight is 367 g/mol. The molecule has 1 aromatic rings. The van der Waals surface area contributed by atoms with Gasteiger partial charge in [-0.15, -0.1) is 0 Å². The van der Waals surface area contributed by atoms with Crippen LogP contribution in [-0.4, -0.2) is 43.9 Å². The van der Waals surface area contributed by atoms with E-state index in [1.807, 2.05) is 44.2 Å². The van der Waals surface area contributed by atoms with Crippen molar-refractivity contribution in [3.8, 4) is 0 Å². The Bertz CT molecular complexity index is 704. The standard InChI is InChI=1S/C17H25N3O4S/c1-12(2)15(16(21)18-10-13-6-4-3-5-7-13)20-17(22)19-14-8-9-25(23,24)11-14/h3-7,12,14-15H,8-11H2,1-2H3,(H,18,21)(H2,19,20,22)/t14?,15-/m0/s1. The molecule has 25 heavy (non-hydrogen) atoms. The van der Waals surface area contributed by atoms with E-state index in [1.54, 1.807) is 0 Å². The lowest BCUT2D eigenvalue weighted by atomic mass is 10.0. The topological polar surface area (TPSA) is 104 Å². The van der Waals surface area contributed by atoms with E-state index >= 15 is 0 Å². The van der Waals surface area contributed by atoms with E-state index in [1.165, 1.54) is 0 Å². The molecular formula is C17H25N3O4S. The maximum Gasteiger partial charge on any atom is 0.315 e. The molecular weight excluding hydrogens is 342 g/mol. The lowest BCUT2D eigenvalue weighted by molar-refractivity contribution is -0.124. The average Bonchev–Trinajstić information content (AvgIpc) is 2.89. The van der Waals surface area contributed by atoms with Crippen molar-refractivity contribution in [2.75, 3.05) is 11.5 Å². The number of carbonyl (C=O) groups is 2. The van der Waals surface area contributed by atoms with Crippen LogP contribution in [0.3, 0.4) is 0 Å². The van der Waals surface area contributed by atoms with Gasteiger partial charge in [0.2, 0.25) is 5.91 Å². The van der Waals surface area contributed by atoms with Gasteiger partial charge in [0.15, 0.2) is 9.84 Å². The molecule has 1 aliphatic heterocycles. The summed E-state index contributed by atoms with van der Waals surface area (Å²) in [4.78, 5) is 24.5. The lowest BCUT2D eigenvalue weighted by Crippen LogP contribution is -2.54. The number of hydrogen-bond donors (Lipinski definition) is 3. The Morgan fingerprint density at radius 3 is 2.44 bits per heavy atom. The Morgan fingerprint density at radius 1 is 1.20 bits per heavy atom. The van der Waals surface area contributed by atoms with Crippen LogP contribution in [0.5, 0.6) is 0 Å². The minimum atomic E-state index is -3.06. The molecule has 8 heteroatoms. The summed E-state index contributed by atoms with van der Waals surface area (Å²) in [5.41, 5.74) is 0.971. The summed E-state index contributed by atoms with van der Waals surface area (Å²) in [5.74, 6) is -0.335. The fourth-order valence-electron chi connectivity index (χ4n) is 2.71. The molecule has 0 aliphatic carbocycles. The van der Waals surface area contributed by atoms with Crippen LogP contribution in [0.4, 0.5) is 4.79 Å². The number of rotatable bonds is 6. The minimum absolute atomic E-state index is 0.0486. The largest absolute Gasteiger partial charge is 0.350 e. The van der Waals surface area contributed by atoms with Crippen LogP contribution in [0.15, 0.2) is 30.3 Å². The Morgan fingerprint density at radius 2 is 1.88 bits per heavy atom. The van der Waals surface area contributed by atoms with Crippen molar-refractivity contribution >= 4 is 21.8 Å². The smallest absolute Gasteiger partial charge is 0.315 e. The molecule has 1 heterocycles. The number of amides is 3. The summed E-state index contributed by atoms with van der Waals surface area (Å²) >= 11 is 0. The van der Waals surface area contributed by atoms with Crippen LogP contribution < -0.4 is 16.0 Å². The molecule has 0 bridgehead atoms. The first kappa shape index (κ1) is 19.2. The Kier molecular flexibility index (Phi) is 6.41. The van der Waals surface area contributed by atoms with Gasteiger partial charge in [-0.3, -0.25) is 4.79 Å². The van der Waals surface area contributed by atoms with E-state index in [2.05, 4.69) is 16.0 Å². The maximum absolute atomic E-state index is 12.4. The molecule has 3 amide bonds. The van der Waals surface area contributed by atoms with Crippen LogP contribution in [-0.2, 0) is 21.2 Å². The zero-order valence-corrected chi connectivity index (χ0v) is 15.3. The van der Waals surface area contributed by atoms with Crippen molar-refractivity contribution < 1.29 is 18.0 Å². The van der Waals surface area contributed by atoms with Crippen molar-refractivity contribution in [2.45, 2.75) is 38.9 Å². The second kappa shape index (κ2) is 8.33. The number of urea groups is 1. The van der Waals surface area contributed by atoms with Gasteiger partial charge < -0.3 is 16.0 Å². The lowest BCUT2D eigenvalue weighted by Gasteiger charge is -2.23. The number of sulfone groups is 1. The van der Waals surface area contributed by atoms with Gasteiger partial charge in [0.1, 0.15) is 6.04 Å². The molecule has 0 saturated carbocycles. The minimum Gasteiger partial charge on any atom is -0.350 e. The van der Waals surface area contributed by atoms with Crippen molar-refractivity contribution in [3.63, 3.8) is 0 Å². The maximum atomic E-state index is 12.4. The van der Waals surface area contributed by atoms with Gasteiger partial charge in [-0.25, -0.2) is 13.2 Å².